The van der Waals surface area contributed by atoms with Crippen molar-refractivity contribution in [2.75, 3.05) is 0 Å². The van der Waals surface area contributed by atoms with E-state index in [0.29, 0.717) is 5.52 Å². The van der Waals surface area contributed by atoms with Crippen LogP contribution in [-0.2, 0) is 0 Å². The number of hydrogen-bond acceptors (Lipinski definition) is 1. The Bertz CT molecular complexity index is 439. The standard InChI is InChI=1S/C8H7BF2N2/c9-5-1-2-13-6(3-5)4-12-8(13)7(10)11/h1-4,7H,9H2. The van der Waals surface area contributed by atoms with Gasteiger partial charge in [0.1, 0.15) is 7.85 Å². The van der Waals surface area contributed by atoms with E-state index in [1.807, 2.05) is 13.9 Å². The van der Waals surface area contributed by atoms with Crippen LogP contribution in [0.5, 0.6) is 0 Å². The summed E-state index contributed by atoms with van der Waals surface area (Å²) in [6.07, 6.45) is 0.540. The maximum absolute atomic E-state index is 12.3. The Balaban J connectivity index is 2.69. The first-order valence-electron chi connectivity index (χ1n) is 3.90. The lowest BCUT2D eigenvalue weighted by molar-refractivity contribution is 0.139. The van der Waals surface area contributed by atoms with Crippen LogP contribution in [-0.4, -0.2) is 17.2 Å². The fourth-order valence-electron chi connectivity index (χ4n) is 1.29. The van der Waals surface area contributed by atoms with Crippen molar-refractivity contribution in [2.45, 2.75) is 6.43 Å². The summed E-state index contributed by atoms with van der Waals surface area (Å²) in [5, 5.41) is 0. The molecule has 0 saturated heterocycles. The molecule has 13 heavy (non-hydrogen) atoms. The van der Waals surface area contributed by atoms with E-state index in [9.17, 15) is 8.78 Å². The lowest BCUT2D eigenvalue weighted by atomic mass is 9.98. The van der Waals surface area contributed by atoms with Gasteiger partial charge in [-0.15, -0.1) is 0 Å². The molecule has 0 N–H and O–H groups in total. The molecule has 0 aliphatic carbocycles. The van der Waals surface area contributed by atoms with Crippen LogP contribution < -0.4 is 5.46 Å². The average molecular weight is 180 g/mol. The molecule has 2 rings (SSSR count). The minimum absolute atomic E-state index is 0.199. The van der Waals surface area contributed by atoms with Crippen molar-refractivity contribution in [3.8, 4) is 0 Å². The molecule has 2 aromatic rings. The van der Waals surface area contributed by atoms with Gasteiger partial charge in [0.2, 0.25) is 0 Å². The molecule has 0 spiro atoms. The number of alkyl halides is 2. The highest BCUT2D eigenvalue weighted by atomic mass is 19.3. The number of aromatic nitrogens is 2. The van der Waals surface area contributed by atoms with Crippen LogP contribution >= 0.6 is 0 Å². The summed E-state index contributed by atoms with van der Waals surface area (Å²) < 4.78 is 26.1. The molecule has 0 aliphatic rings. The van der Waals surface area contributed by atoms with Crippen LogP contribution in [0.4, 0.5) is 8.78 Å². The smallest absolute Gasteiger partial charge is 0.295 e. The summed E-state index contributed by atoms with van der Waals surface area (Å²) in [5.41, 5.74) is 1.74. The molecule has 0 unspecified atom stereocenters. The van der Waals surface area contributed by atoms with Crippen LogP contribution in [0.25, 0.3) is 5.52 Å². The topological polar surface area (TPSA) is 17.3 Å². The summed E-state index contributed by atoms with van der Waals surface area (Å²) in [4.78, 5) is 3.65. The average Bonchev–Trinajstić information content (AvgIpc) is 2.46. The molecule has 0 saturated carbocycles. The second-order valence-corrected chi connectivity index (χ2v) is 2.92. The Morgan fingerprint density at radius 2 is 2.23 bits per heavy atom. The van der Waals surface area contributed by atoms with Gasteiger partial charge in [-0.05, 0) is 6.07 Å². The first kappa shape index (κ1) is 8.22. The molecule has 0 aromatic carbocycles. The Hall–Kier alpha value is -1.39. The van der Waals surface area contributed by atoms with Crippen LogP contribution in [0.15, 0.2) is 24.5 Å². The van der Waals surface area contributed by atoms with E-state index < -0.39 is 6.43 Å². The fourth-order valence-corrected chi connectivity index (χ4v) is 1.29. The van der Waals surface area contributed by atoms with Gasteiger partial charge in [0.05, 0.1) is 11.7 Å². The third-order valence-electron chi connectivity index (χ3n) is 1.91. The summed E-state index contributed by atoms with van der Waals surface area (Å²) in [5.74, 6) is -0.199. The van der Waals surface area contributed by atoms with E-state index in [0.717, 1.165) is 5.46 Å². The number of imidazole rings is 1. The summed E-state index contributed by atoms with van der Waals surface area (Å²) in [7, 11) is 1.91. The normalized spacial score (nSPS) is 11.3. The van der Waals surface area contributed by atoms with Gasteiger partial charge in [0.25, 0.3) is 6.43 Å². The minimum Gasteiger partial charge on any atom is -0.299 e. The molecular formula is C8H7BF2N2. The SMILES string of the molecule is Bc1ccn2c(C(F)F)ncc2c1. The number of halogens is 2. The third-order valence-corrected chi connectivity index (χ3v) is 1.91. The van der Waals surface area contributed by atoms with Gasteiger partial charge in [-0.25, -0.2) is 13.8 Å². The molecule has 0 fully saturated rings. The monoisotopic (exact) mass is 180 g/mol. The van der Waals surface area contributed by atoms with Crippen molar-refractivity contribution in [1.82, 2.24) is 9.38 Å². The van der Waals surface area contributed by atoms with Crippen molar-refractivity contribution in [3.63, 3.8) is 0 Å². The van der Waals surface area contributed by atoms with E-state index in [-0.39, 0.29) is 5.82 Å². The number of pyridine rings is 1. The van der Waals surface area contributed by atoms with Gasteiger partial charge in [-0.2, -0.15) is 0 Å². The summed E-state index contributed by atoms with van der Waals surface area (Å²) >= 11 is 0. The molecule has 2 aromatic heterocycles. The summed E-state index contributed by atoms with van der Waals surface area (Å²) in [6, 6.07) is 3.60. The van der Waals surface area contributed by atoms with E-state index >= 15 is 0 Å². The summed E-state index contributed by atoms with van der Waals surface area (Å²) in [6.45, 7) is 0. The Kier molecular flexibility index (Phi) is 1.79. The Labute approximate surface area is 74.6 Å². The molecule has 0 bridgehead atoms. The van der Waals surface area contributed by atoms with E-state index in [1.54, 1.807) is 12.3 Å². The second-order valence-electron chi connectivity index (χ2n) is 2.92. The zero-order valence-electron chi connectivity index (χ0n) is 7.04. The molecule has 66 valence electrons. The quantitative estimate of drug-likeness (QED) is 0.585. The maximum atomic E-state index is 12.3. The molecular weight excluding hydrogens is 173 g/mol. The van der Waals surface area contributed by atoms with Crippen molar-refractivity contribution >= 4 is 18.8 Å². The van der Waals surface area contributed by atoms with Gasteiger partial charge >= 0.3 is 0 Å². The van der Waals surface area contributed by atoms with Crippen LogP contribution in [0.3, 0.4) is 0 Å². The lowest BCUT2D eigenvalue weighted by Gasteiger charge is -1.99. The number of rotatable bonds is 1. The zero-order valence-corrected chi connectivity index (χ0v) is 7.04. The minimum atomic E-state index is -2.52. The van der Waals surface area contributed by atoms with Gasteiger partial charge in [0, 0.05) is 6.20 Å². The largest absolute Gasteiger partial charge is 0.299 e. The molecule has 0 aliphatic heterocycles. The van der Waals surface area contributed by atoms with Gasteiger partial charge in [-0.1, -0.05) is 11.5 Å². The van der Waals surface area contributed by atoms with Gasteiger partial charge in [-0.3, -0.25) is 4.40 Å². The molecule has 5 heteroatoms. The van der Waals surface area contributed by atoms with E-state index in [1.165, 1.54) is 10.6 Å². The Morgan fingerprint density at radius 3 is 2.92 bits per heavy atom. The van der Waals surface area contributed by atoms with Crippen molar-refractivity contribution in [2.24, 2.45) is 0 Å². The molecule has 0 amide bonds. The fraction of sp³-hybridized carbons (Fsp3) is 0.125. The van der Waals surface area contributed by atoms with E-state index in [2.05, 4.69) is 4.98 Å². The maximum Gasteiger partial charge on any atom is 0.295 e. The Morgan fingerprint density at radius 1 is 1.46 bits per heavy atom. The zero-order chi connectivity index (χ0) is 9.42. The number of nitrogens with zero attached hydrogens (tertiary/aromatic N) is 2. The van der Waals surface area contributed by atoms with E-state index in [4.69, 9.17) is 0 Å². The van der Waals surface area contributed by atoms with Gasteiger partial charge < -0.3 is 0 Å². The highest BCUT2D eigenvalue weighted by Gasteiger charge is 2.13. The predicted octanol–water partition coefficient (Wildman–Crippen LogP) is 0.530. The number of fused-ring (bicyclic) bond motifs is 1. The second kappa shape index (κ2) is 2.83. The lowest BCUT2D eigenvalue weighted by Crippen LogP contribution is -2.03. The van der Waals surface area contributed by atoms with Crippen molar-refractivity contribution < 1.29 is 8.78 Å². The number of hydrogen-bond donors (Lipinski definition) is 0. The van der Waals surface area contributed by atoms with Crippen molar-refractivity contribution in [1.29, 1.82) is 0 Å². The first-order valence-corrected chi connectivity index (χ1v) is 3.90. The van der Waals surface area contributed by atoms with Crippen LogP contribution in [0.1, 0.15) is 12.2 Å². The molecule has 0 atom stereocenters. The molecule has 0 radical (unpaired) electrons. The van der Waals surface area contributed by atoms with Gasteiger partial charge in [0.15, 0.2) is 5.82 Å². The third kappa shape index (κ3) is 1.30. The highest BCUT2D eigenvalue weighted by Crippen LogP contribution is 2.17. The highest BCUT2D eigenvalue weighted by molar-refractivity contribution is 6.32. The van der Waals surface area contributed by atoms with Crippen LogP contribution in [0, 0.1) is 0 Å². The predicted molar refractivity (Wildman–Crippen MR) is 48.3 cm³/mol. The van der Waals surface area contributed by atoms with Crippen LogP contribution in [0.2, 0.25) is 0 Å². The molecule has 2 nitrogen and oxygen atoms in total. The molecule has 2 heterocycles. The van der Waals surface area contributed by atoms with Crippen molar-refractivity contribution in [3.05, 3.63) is 30.4 Å². The first-order chi connectivity index (χ1) is 6.18.